The number of rotatable bonds is 5. The zero-order valence-corrected chi connectivity index (χ0v) is 20.5. The molecular weight excluding hydrogens is 368 g/mol. The Morgan fingerprint density at radius 1 is 0.966 bits per heavy atom. The first-order valence-electron chi connectivity index (χ1n) is 12.1. The van der Waals surface area contributed by atoms with E-state index in [0.29, 0.717) is 16.1 Å². The lowest BCUT2D eigenvalue weighted by molar-refractivity contribution is 0.0385. The van der Waals surface area contributed by atoms with E-state index >= 15 is 0 Å². The fraction of sp³-hybridized carbons (Fsp3) is 0.714. The Balaban J connectivity index is 1.73. The van der Waals surface area contributed by atoms with Crippen molar-refractivity contribution < 1.29 is 0 Å². The fourth-order valence-corrected chi connectivity index (χ4v) is 8.74. The van der Waals surface area contributed by atoms with Gasteiger partial charge < -0.3 is 0 Å². The Kier molecular flexibility index (Phi) is 6.02. The van der Waals surface area contributed by atoms with Gasteiger partial charge >= 0.3 is 0 Å². The second-order valence-electron chi connectivity index (χ2n) is 12.1. The van der Waals surface area contributed by atoms with Crippen molar-refractivity contribution in [2.75, 3.05) is 0 Å². The smallest absolute Gasteiger partial charge is 0.0215 e. The van der Waals surface area contributed by atoms with Crippen LogP contribution in [0.2, 0.25) is 0 Å². The minimum atomic E-state index is 0.351. The van der Waals surface area contributed by atoms with E-state index < -0.39 is 0 Å². The summed E-state index contributed by atoms with van der Waals surface area (Å²) in [4.78, 5) is 1.65. The van der Waals surface area contributed by atoms with Gasteiger partial charge in [0.05, 0.1) is 0 Å². The first kappa shape index (κ1) is 21.5. The molecule has 0 heterocycles. The number of allylic oxidation sites excluding steroid dienone is 7. The second kappa shape index (κ2) is 8.10. The van der Waals surface area contributed by atoms with Crippen LogP contribution in [-0.2, 0) is 0 Å². The second-order valence-corrected chi connectivity index (χ2v) is 13.6. The van der Waals surface area contributed by atoms with Gasteiger partial charge in [-0.05, 0) is 105 Å². The largest absolute Gasteiger partial charge is 0.119 e. The minimum absolute atomic E-state index is 0.351. The highest BCUT2D eigenvalue weighted by molar-refractivity contribution is 8.04. The molecule has 0 radical (unpaired) electrons. The Hall–Kier alpha value is -0.690. The first-order valence-corrected chi connectivity index (χ1v) is 12.9. The molecule has 5 aliphatic rings. The first-order chi connectivity index (χ1) is 13.6. The monoisotopic (exact) mass is 410 g/mol. The van der Waals surface area contributed by atoms with Gasteiger partial charge in [0, 0.05) is 9.65 Å². The Morgan fingerprint density at radius 3 is 2.07 bits per heavy atom. The van der Waals surface area contributed by atoms with Crippen molar-refractivity contribution in [3.8, 4) is 0 Å². The predicted molar refractivity (Wildman–Crippen MR) is 130 cm³/mol. The molecule has 5 aliphatic carbocycles. The normalized spacial score (nSPS) is 37.2. The third kappa shape index (κ3) is 4.97. The van der Waals surface area contributed by atoms with E-state index in [0.717, 1.165) is 17.8 Å². The highest BCUT2D eigenvalue weighted by atomic mass is 32.2. The van der Waals surface area contributed by atoms with Gasteiger partial charge in [-0.3, -0.25) is 0 Å². The van der Waals surface area contributed by atoms with Crippen LogP contribution in [0, 0.1) is 29.1 Å². The zero-order chi connectivity index (χ0) is 20.8. The molecule has 4 fully saturated rings. The summed E-state index contributed by atoms with van der Waals surface area (Å²) in [6, 6.07) is 0. The fourth-order valence-electron chi connectivity index (χ4n) is 6.81. The van der Waals surface area contributed by atoms with E-state index in [1.54, 1.807) is 16.1 Å². The predicted octanol–water partition coefficient (Wildman–Crippen LogP) is 8.87. The van der Waals surface area contributed by atoms with Crippen LogP contribution in [0.4, 0.5) is 0 Å². The Labute approximate surface area is 184 Å². The maximum atomic E-state index is 2.49. The minimum Gasteiger partial charge on any atom is -0.119 e. The molecule has 0 spiro atoms. The standard InChI is InChI=1S/C28H42S/c1-19(2)7-9-24-17-27(5,6)18-25(10-8-20(3)4)26(24)29-28-14-21-11-22(15-28)13-23(12-21)16-28/h7-10,19,21-23H,11-18H2,1-6H3/b9-7+,25-10+. The maximum absolute atomic E-state index is 2.49. The average Bonchev–Trinajstić information content (AvgIpc) is 2.58. The van der Waals surface area contributed by atoms with Gasteiger partial charge in [-0.25, -0.2) is 0 Å². The van der Waals surface area contributed by atoms with Crippen molar-refractivity contribution in [2.24, 2.45) is 29.1 Å². The van der Waals surface area contributed by atoms with Gasteiger partial charge in [-0.2, -0.15) is 0 Å². The lowest BCUT2D eigenvalue weighted by Crippen LogP contribution is -2.48. The van der Waals surface area contributed by atoms with Crippen LogP contribution >= 0.6 is 11.8 Å². The highest BCUT2D eigenvalue weighted by Gasteiger charge is 2.52. The maximum Gasteiger partial charge on any atom is 0.0215 e. The van der Waals surface area contributed by atoms with Gasteiger partial charge in [-0.15, -0.1) is 11.8 Å². The molecule has 0 unspecified atom stereocenters. The third-order valence-electron chi connectivity index (χ3n) is 7.52. The van der Waals surface area contributed by atoms with E-state index in [1.807, 2.05) is 0 Å². The summed E-state index contributed by atoms with van der Waals surface area (Å²) >= 11 is 2.33. The van der Waals surface area contributed by atoms with Gasteiger partial charge in [0.15, 0.2) is 0 Å². The van der Waals surface area contributed by atoms with Gasteiger partial charge in [-0.1, -0.05) is 57.6 Å². The lowest BCUT2D eigenvalue weighted by Gasteiger charge is -2.57. The summed E-state index contributed by atoms with van der Waals surface area (Å²) in [7, 11) is 0. The van der Waals surface area contributed by atoms with Gasteiger partial charge in [0.2, 0.25) is 0 Å². The van der Waals surface area contributed by atoms with Gasteiger partial charge in [0.1, 0.15) is 0 Å². The Morgan fingerprint density at radius 2 is 1.55 bits per heavy atom. The molecule has 0 aliphatic heterocycles. The van der Waals surface area contributed by atoms with Crippen LogP contribution in [0.25, 0.3) is 0 Å². The molecule has 0 saturated heterocycles. The van der Waals surface area contributed by atoms with Crippen molar-refractivity contribution in [1.82, 2.24) is 0 Å². The summed E-state index contributed by atoms with van der Waals surface area (Å²) in [6.07, 6.45) is 21.2. The van der Waals surface area contributed by atoms with Crippen LogP contribution in [0.3, 0.4) is 0 Å². The quantitative estimate of drug-likeness (QED) is 0.436. The molecule has 4 bridgehead atoms. The van der Waals surface area contributed by atoms with Crippen molar-refractivity contribution in [3.63, 3.8) is 0 Å². The molecule has 0 nitrogen and oxygen atoms in total. The number of hydrogen-bond acceptors (Lipinski definition) is 1. The molecule has 0 N–H and O–H groups in total. The SMILES string of the molecule is CC(C)=C/C=C1\CC(C)(C)CC(/C=C/C(C)C)=C1SC12CC3CC(CC(C3)C1)C2. The van der Waals surface area contributed by atoms with E-state index in [9.17, 15) is 0 Å². The topological polar surface area (TPSA) is 0 Å². The summed E-state index contributed by atoms with van der Waals surface area (Å²) in [5.74, 6) is 3.68. The third-order valence-corrected chi connectivity index (χ3v) is 9.18. The zero-order valence-electron chi connectivity index (χ0n) is 19.7. The Bertz CT molecular complexity index is 716. The summed E-state index contributed by atoms with van der Waals surface area (Å²) in [5.41, 5.74) is 4.97. The van der Waals surface area contributed by atoms with Crippen LogP contribution < -0.4 is 0 Å². The van der Waals surface area contributed by atoms with Crippen LogP contribution in [0.15, 0.2) is 45.9 Å². The molecule has 29 heavy (non-hydrogen) atoms. The molecule has 0 aromatic heterocycles. The molecule has 0 aromatic rings. The van der Waals surface area contributed by atoms with E-state index in [1.165, 1.54) is 56.9 Å². The average molecular weight is 411 g/mol. The number of hydrogen-bond donors (Lipinski definition) is 0. The molecule has 0 amide bonds. The van der Waals surface area contributed by atoms with E-state index in [2.05, 4.69) is 77.6 Å². The molecule has 160 valence electrons. The lowest BCUT2D eigenvalue weighted by atomic mass is 9.56. The molecule has 1 heteroatoms. The molecular formula is C28H42S. The molecule has 0 aromatic carbocycles. The van der Waals surface area contributed by atoms with E-state index in [4.69, 9.17) is 0 Å². The summed E-state index contributed by atoms with van der Waals surface area (Å²) < 4.78 is 0.534. The van der Waals surface area contributed by atoms with Gasteiger partial charge in [0.25, 0.3) is 0 Å². The van der Waals surface area contributed by atoms with Crippen molar-refractivity contribution in [3.05, 3.63) is 45.9 Å². The molecule has 4 saturated carbocycles. The van der Waals surface area contributed by atoms with Crippen LogP contribution in [-0.4, -0.2) is 4.75 Å². The summed E-state index contributed by atoms with van der Waals surface area (Å²) in [6.45, 7) is 14.0. The van der Waals surface area contributed by atoms with Crippen molar-refractivity contribution in [2.45, 2.75) is 97.7 Å². The highest BCUT2D eigenvalue weighted by Crippen LogP contribution is 2.63. The molecule has 5 rings (SSSR count). The summed E-state index contributed by atoms with van der Waals surface area (Å²) in [5, 5.41) is 0. The van der Waals surface area contributed by atoms with E-state index in [-0.39, 0.29) is 0 Å². The van der Waals surface area contributed by atoms with Crippen LogP contribution in [0.1, 0.15) is 92.9 Å². The van der Waals surface area contributed by atoms with Crippen LogP contribution in [0.5, 0.6) is 0 Å². The molecule has 0 atom stereocenters. The van der Waals surface area contributed by atoms with Crippen molar-refractivity contribution in [1.29, 1.82) is 0 Å². The van der Waals surface area contributed by atoms with Crippen molar-refractivity contribution >= 4 is 11.8 Å². The number of thioether (sulfide) groups is 1.